The van der Waals surface area contributed by atoms with Gasteiger partial charge in [0.25, 0.3) is 0 Å². The number of nitrogens with one attached hydrogen (secondary N) is 1. The summed E-state index contributed by atoms with van der Waals surface area (Å²) in [5.41, 5.74) is 1.19. The summed E-state index contributed by atoms with van der Waals surface area (Å²) >= 11 is 0. The summed E-state index contributed by atoms with van der Waals surface area (Å²) in [6, 6.07) is 0. The maximum atomic E-state index is 4.58. The lowest BCUT2D eigenvalue weighted by Crippen LogP contribution is -2.19. The van der Waals surface area contributed by atoms with Crippen molar-refractivity contribution in [1.29, 1.82) is 0 Å². The van der Waals surface area contributed by atoms with Crippen molar-refractivity contribution in [3.8, 4) is 0 Å². The molecule has 0 spiro atoms. The maximum Gasteiger partial charge on any atom is 0.131 e. The van der Waals surface area contributed by atoms with Crippen molar-refractivity contribution in [3.05, 3.63) is 23.8 Å². The van der Waals surface area contributed by atoms with Crippen molar-refractivity contribution in [2.75, 3.05) is 6.54 Å². The van der Waals surface area contributed by atoms with Crippen LogP contribution in [0.4, 0.5) is 0 Å². The second kappa shape index (κ2) is 6.99. The lowest BCUT2D eigenvalue weighted by molar-refractivity contribution is 0.335. The Balaban J connectivity index is 1.87. The Labute approximate surface area is 117 Å². The molecular weight excluding hydrogens is 234 g/mol. The third-order valence-electron chi connectivity index (χ3n) is 3.91. The summed E-state index contributed by atoms with van der Waals surface area (Å²) in [6.45, 7) is 8.70. The van der Waals surface area contributed by atoms with Crippen LogP contribution in [0, 0.1) is 11.8 Å². The van der Waals surface area contributed by atoms with Crippen molar-refractivity contribution in [1.82, 2.24) is 15.3 Å². The Morgan fingerprint density at radius 1 is 1.26 bits per heavy atom. The minimum atomic E-state index is 0.585. The van der Waals surface area contributed by atoms with E-state index in [0.29, 0.717) is 11.8 Å². The number of nitrogens with zero attached hydrogens (tertiary/aromatic N) is 2. The van der Waals surface area contributed by atoms with Crippen LogP contribution >= 0.6 is 0 Å². The summed E-state index contributed by atoms with van der Waals surface area (Å²) in [7, 11) is 0. The first kappa shape index (κ1) is 14.4. The molecule has 0 saturated heterocycles. The summed E-state index contributed by atoms with van der Waals surface area (Å²) in [5.74, 6) is 3.15. The topological polar surface area (TPSA) is 37.8 Å². The van der Waals surface area contributed by atoms with Crippen molar-refractivity contribution in [2.24, 2.45) is 11.8 Å². The van der Waals surface area contributed by atoms with Gasteiger partial charge in [-0.3, -0.25) is 0 Å². The molecule has 1 saturated carbocycles. The maximum absolute atomic E-state index is 4.58. The fourth-order valence-electron chi connectivity index (χ4n) is 2.84. The Morgan fingerprint density at radius 2 is 2.00 bits per heavy atom. The summed E-state index contributed by atoms with van der Waals surface area (Å²) in [6.07, 6.45) is 9.20. The Hall–Kier alpha value is -0.960. The molecule has 1 aromatic rings. The lowest BCUT2D eigenvalue weighted by Gasteiger charge is -2.25. The van der Waals surface area contributed by atoms with Crippen LogP contribution < -0.4 is 5.32 Å². The minimum absolute atomic E-state index is 0.585. The van der Waals surface area contributed by atoms with Crippen LogP contribution in [0.3, 0.4) is 0 Å². The smallest absolute Gasteiger partial charge is 0.131 e. The van der Waals surface area contributed by atoms with E-state index in [1.165, 1.54) is 31.2 Å². The van der Waals surface area contributed by atoms with Gasteiger partial charge in [-0.05, 0) is 31.2 Å². The summed E-state index contributed by atoms with van der Waals surface area (Å²) in [5, 5.41) is 3.43. The number of rotatable bonds is 5. The molecular formula is C16H27N3. The van der Waals surface area contributed by atoms with Gasteiger partial charge in [-0.15, -0.1) is 0 Å². The minimum Gasteiger partial charge on any atom is -0.312 e. The van der Waals surface area contributed by atoms with Gasteiger partial charge < -0.3 is 5.32 Å². The van der Waals surface area contributed by atoms with Gasteiger partial charge in [-0.25, -0.2) is 9.97 Å². The van der Waals surface area contributed by atoms with E-state index in [9.17, 15) is 0 Å². The van der Waals surface area contributed by atoms with Gasteiger partial charge in [0.2, 0.25) is 0 Å². The van der Waals surface area contributed by atoms with E-state index in [0.717, 1.165) is 24.8 Å². The second-order valence-corrected chi connectivity index (χ2v) is 6.44. The predicted molar refractivity (Wildman–Crippen MR) is 78.9 cm³/mol. The molecule has 1 aliphatic carbocycles. The fourth-order valence-corrected chi connectivity index (χ4v) is 2.84. The summed E-state index contributed by atoms with van der Waals surface area (Å²) in [4.78, 5) is 9.17. The largest absolute Gasteiger partial charge is 0.312 e. The highest BCUT2D eigenvalue weighted by molar-refractivity contribution is 5.08. The van der Waals surface area contributed by atoms with Crippen LogP contribution in [-0.2, 0) is 6.54 Å². The second-order valence-electron chi connectivity index (χ2n) is 6.44. The molecule has 106 valence electrons. The van der Waals surface area contributed by atoms with Gasteiger partial charge in [0.05, 0.1) is 0 Å². The van der Waals surface area contributed by atoms with Crippen LogP contribution in [-0.4, -0.2) is 16.5 Å². The first-order chi connectivity index (χ1) is 9.15. The Kier molecular flexibility index (Phi) is 5.32. The number of hydrogen-bond acceptors (Lipinski definition) is 3. The zero-order valence-corrected chi connectivity index (χ0v) is 12.5. The highest BCUT2D eigenvalue weighted by Crippen LogP contribution is 2.33. The monoisotopic (exact) mass is 261 g/mol. The molecule has 3 nitrogen and oxygen atoms in total. The highest BCUT2D eigenvalue weighted by Gasteiger charge is 2.22. The molecule has 1 heterocycles. The van der Waals surface area contributed by atoms with Crippen molar-refractivity contribution in [3.63, 3.8) is 0 Å². The van der Waals surface area contributed by atoms with E-state index >= 15 is 0 Å². The summed E-state index contributed by atoms with van der Waals surface area (Å²) < 4.78 is 0. The highest BCUT2D eigenvalue weighted by atomic mass is 14.9. The van der Waals surface area contributed by atoms with Crippen LogP contribution in [0.1, 0.15) is 63.8 Å². The number of hydrogen-bond donors (Lipinski definition) is 1. The first-order valence-corrected chi connectivity index (χ1v) is 7.66. The molecule has 0 aliphatic heterocycles. The first-order valence-electron chi connectivity index (χ1n) is 7.66. The van der Waals surface area contributed by atoms with Gasteiger partial charge in [0.15, 0.2) is 0 Å². The molecule has 2 unspecified atom stereocenters. The van der Waals surface area contributed by atoms with Crippen molar-refractivity contribution < 1.29 is 0 Å². The molecule has 0 aromatic carbocycles. The zero-order chi connectivity index (χ0) is 13.7. The third kappa shape index (κ3) is 4.57. The number of aromatic nitrogens is 2. The normalized spacial score (nSPS) is 23.8. The molecule has 1 fully saturated rings. The molecule has 1 aliphatic rings. The van der Waals surface area contributed by atoms with Crippen LogP contribution in [0.2, 0.25) is 0 Å². The van der Waals surface area contributed by atoms with E-state index in [1.54, 1.807) is 0 Å². The molecule has 1 aromatic heterocycles. The lowest BCUT2D eigenvalue weighted by atomic mass is 9.82. The van der Waals surface area contributed by atoms with E-state index < -0.39 is 0 Å². The van der Waals surface area contributed by atoms with E-state index in [4.69, 9.17) is 0 Å². The van der Waals surface area contributed by atoms with Gasteiger partial charge >= 0.3 is 0 Å². The van der Waals surface area contributed by atoms with Crippen LogP contribution in [0.5, 0.6) is 0 Å². The standard InChI is InChI=1S/C16H27N3/c1-12(2)8-17-9-14-10-18-16(19-11-14)15-6-4-5-13(3)7-15/h10-13,15,17H,4-9H2,1-3H3. The Morgan fingerprint density at radius 3 is 2.63 bits per heavy atom. The zero-order valence-electron chi connectivity index (χ0n) is 12.5. The van der Waals surface area contributed by atoms with Gasteiger partial charge in [-0.1, -0.05) is 33.6 Å². The van der Waals surface area contributed by atoms with E-state index in [-0.39, 0.29) is 0 Å². The SMILES string of the molecule is CC(C)CNCc1cnc(C2CCCC(C)C2)nc1. The molecule has 2 rings (SSSR count). The van der Waals surface area contributed by atoms with Crippen LogP contribution in [0.25, 0.3) is 0 Å². The molecule has 1 N–H and O–H groups in total. The third-order valence-corrected chi connectivity index (χ3v) is 3.91. The van der Waals surface area contributed by atoms with E-state index in [1.807, 2.05) is 12.4 Å². The van der Waals surface area contributed by atoms with E-state index in [2.05, 4.69) is 36.1 Å². The van der Waals surface area contributed by atoms with Gasteiger partial charge in [-0.2, -0.15) is 0 Å². The van der Waals surface area contributed by atoms with Crippen molar-refractivity contribution >= 4 is 0 Å². The van der Waals surface area contributed by atoms with Gasteiger partial charge in [0, 0.05) is 30.4 Å². The molecule has 19 heavy (non-hydrogen) atoms. The molecule has 2 atom stereocenters. The Bertz CT molecular complexity index is 372. The molecule has 0 amide bonds. The molecule has 3 heteroatoms. The molecule has 0 radical (unpaired) electrons. The average molecular weight is 261 g/mol. The van der Waals surface area contributed by atoms with Gasteiger partial charge in [0.1, 0.15) is 5.82 Å². The fraction of sp³-hybridized carbons (Fsp3) is 0.750. The van der Waals surface area contributed by atoms with Crippen LogP contribution in [0.15, 0.2) is 12.4 Å². The quantitative estimate of drug-likeness (QED) is 0.881. The molecule has 0 bridgehead atoms. The van der Waals surface area contributed by atoms with Crippen molar-refractivity contribution in [2.45, 2.75) is 58.9 Å². The predicted octanol–water partition coefficient (Wildman–Crippen LogP) is 3.52. The average Bonchev–Trinajstić information content (AvgIpc) is 2.39.